The van der Waals surface area contributed by atoms with Crippen LogP contribution in [0.25, 0.3) is 22.4 Å². The summed E-state index contributed by atoms with van der Waals surface area (Å²) >= 11 is 0. The molecule has 4 nitrogen and oxygen atoms in total. The molecule has 84 valence electrons. The number of hydrogen-bond acceptors (Lipinski definition) is 3. The Kier molecular flexibility index (Phi) is 2.08. The quantitative estimate of drug-likeness (QED) is 0.645. The molecule has 0 spiro atoms. The van der Waals surface area contributed by atoms with Crippen molar-refractivity contribution in [2.75, 3.05) is 5.73 Å². The standard InChI is InChI=1S/C13H12N4/c1-17-12-5-6-15-8-11(12)16-13(17)9-3-2-4-10(14)7-9/h2-8H,14H2,1H3. The largest absolute Gasteiger partial charge is 0.399 e. The van der Waals surface area contributed by atoms with Gasteiger partial charge in [0.1, 0.15) is 11.3 Å². The molecule has 0 saturated heterocycles. The van der Waals surface area contributed by atoms with Crippen LogP contribution < -0.4 is 5.73 Å². The van der Waals surface area contributed by atoms with Crippen LogP contribution in [0.15, 0.2) is 42.7 Å². The zero-order valence-corrected chi connectivity index (χ0v) is 9.46. The number of nitrogens with zero attached hydrogens (tertiary/aromatic N) is 3. The Morgan fingerprint density at radius 1 is 1.24 bits per heavy atom. The number of benzene rings is 1. The number of anilines is 1. The second-order valence-electron chi connectivity index (χ2n) is 3.98. The topological polar surface area (TPSA) is 56.7 Å². The molecular weight excluding hydrogens is 212 g/mol. The van der Waals surface area contributed by atoms with Gasteiger partial charge in [-0.1, -0.05) is 12.1 Å². The predicted octanol–water partition coefficient (Wildman–Crippen LogP) is 2.22. The summed E-state index contributed by atoms with van der Waals surface area (Å²) in [5, 5.41) is 0. The lowest BCUT2D eigenvalue weighted by Gasteiger charge is -2.03. The Balaban J connectivity index is 2.27. The first-order chi connectivity index (χ1) is 8.25. The van der Waals surface area contributed by atoms with Gasteiger partial charge in [-0.3, -0.25) is 4.98 Å². The number of fused-ring (bicyclic) bond motifs is 1. The van der Waals surface area contributed by atoms with E-state index in [0.29, 0.717) is 0 Å². The van der Waals surface area contributed by atoms with Gasteiger partial charge in [-0.25, -0.2) is 4.98 Å². The molecule has 0 fully saturated rings. The minimum Gasteiger partial charge on any atom is -0.399 e. The van der Waals surface area contributed by atoms with E-state index in [1.54, 1.807) is 12.4 Å². The van der Waals surface area contributed by atoms with Crippen molar-refractivity contribution in [3.63, 3.8) is 0 Å². The molecule has 17 heavy (non-hydrogen) atoms. The molecule has 1 aromatic carbocycles. The normalized spacial score (nSPS) is 10.9. The van der Waals surface area contributed by atoms with Gasteiger partial charge >= 0.3 is 0 Å². The van der Waals surface area contributed by atoms with Crippen LogP contribution in [0.2, 0.25) is 0 Å². The van der Waals surface area contributed by atoms with Crippen molar-refractivity contribution in [2.24, 2.45) is 7.05 Å². The highest BCUT2D eigenvalue weighted by molar-refractivity contribution is 5.80. The smallest absolute Gasteiger partial charge is 0.141 e. The van der Waals surface area contributed by atoms with Gasteiger partial charge in [0.15, 0.2) is 0 Å². The van der Waals surface area contributed by atoms with E-state index in [1.807, 2.05) is 41.9 Å². The summed E-state index contributed by atoms with van der Waals surface area (Å²) in [4.78, 5) is 8.65. The molecule has 3 rings (SSSR count). The molecule has 0 saturated carbocycles. The molecule has 0 bridgehead atoms. The third kappa shape index (κ3) is 1.54. The SMILES string of the molecule is Cn1c(-c2cccc(N)c2)nc2cnccc21. The summed E-state index contributed by atoms with van der Waals surface area (Å²) in [6.45, 7) is 0. The number of rotatable bonds is 1. The molecule has 4 heteroatoms. The highest BCUT2D eigenvalue weighted by atomic mass is 15.1. The van der Waals surface area contributed by atoms with Gasteiger partial charge in [0.2, 0.25) is 0 Å². The molecule has 0 amide bonds. The fourth-order valence-corrected chi connectivity index (χ4v) is 1.99. The molecule has 3 aromatic rings. The van der Waals surface area contributed by atoms with Crippen LogP contribution in [0.4, 0.5) is 5.69 Å². The molecule has 0 atom stereocenters. The van der Waals surface area contributed by atoms with Gasteiger partial charge in [-0.2, -0.15) is 0 Å². The molecule has 2 N–H and O–H groups in total. The summed E-state index contributed by atoms with van der Waals surface area (Å²) in [7, 11) is 1.99. The minimum atomic E-state index is 0.743. The van der Waals surface area contributed by atoms with Crippen molar-refractivity contribution < 1.29 is 0 Å². The van der Waals surface area contributed by atoms with Crippen LogP contribution >= 0.6 is 0 Å². The van der Waals surface area contributed by atoms with Crippen molar-refractivity contribution >= 4 is 16.7 Å². The zero-order chi connectivity index (χ0) is 11.8. The second-order valence-corrected chi connectivity index (χ2v) is 3.98. The fraction of sp³-hybridized carbons (Fsp3) is 0.0769. The first-order valence-corrected chi connectivity index (χ1v) is 5.38. The van der Waals surface area contributed by atoms with Gasteiger partial charge in [0.05, 0.1) is 11.7 Å². The van der Waals surface area contributed by atoms with Crippen molar-refractivity contribution in [3.8, 4) is 11.4 Å². The number of aryl methyl sites for hydroxylation is 1. The van der Waals surface area contributed by atoms with Gasteiger partial charge in [0.25, 0.3) is 0 Å². The lowest BCUT2D eigenvalue weighted by molar-refractivity contribution is 0.959. The van der Waals surface area contributed by atoms with Gasteiger partial charge in [-0.05, 0) is 18.2 Å². The lowest BCUT2D eigenvalue weighted by Crippen LogP contribution is -1.93. The maximum Gasteiger partial charge on any atom is 0.141 e. The van der Waals surface area contributed by atoms with Crippen molar-refractivity contribution in [1.82, 2.24) is 14.5 Å². The Hall–Kier alpha value is -2.36. The molecule has 0 aliphatic carbocycles. The average Bonchev–Trinajstić information content (AvgIpc) is 2.68. The molecule has 0 radical (unpaired) electrons. The molecule has 0 aliphatic rings. The van der Waals surface area contributed by atoms with E-state index >= 15 is 0 Å². The molecular formula is C13H12N4. The molecule has 0 unspecified atom stereocenters. The maximum absolute atomic E-state index is 5.79. The molecule has 2 heterocycles. The third-order valence-corrected chi connectivity index (χ3v) is 2.83. The molecule has 2 aromatic heterocycles. The van der Waals surface area contributed by atoms with Crippen molar-refractivity contribution in [2.45, 2.75) is 0 Å². The van der Waals surface area contributed by atoms with E-state index in [-0.39, 0.29) is 0 Å². The summed E-state index contributed by atoms with van der Waals surface area (Å²) in [6, 6.07) is 9.69. The fourth-order valence-electron chi connectivity index (χ4n) is 1.99. The van der Waals surface area contributed by atoms with E-state index in [0.717, 1.165) is 28.1 Å². The number of nitrogen functional groups attached to an aromatic ring is 1. The van der Waals surface area contributed by atoms with Crippen LogP contribution in [-0.4, -0.2) is 14.5 Å². The average molecular weight is 224 g/mol. The Bertz CT molecular complexity index is 685. The maximum atomic E-state index is 5.79. The van der Waals surface area contributed by atoms with E-state index in [1.165, 1.54) is 0 Å². The summed E-state index contributed by atoms with van der Waals surface area (Å²) in [6.07, 6.45) is 3.54. The van der Waals surface area contributed by atoms with Gasteiger partial charge in [0, 0.05) is 24.5 Å². The van der Waals surface area contributed by atoms with Crippen molar-refractivity contribution in [1.29, 1.82) is 0 Å². The Labute approximate surface area is 98.7 Å². The van der Waals surface area contributed by atoms with Crippen LogP contribution in [0, 0.1) is 0 Å². The van der Waals surface area contributed by atoms with Crippen LogP contribution in [0.3, 0.4) is 0 Å². The summed E-state index contributed by atoms with van der Waals surface area (Å²) in [5.74, 6) is 0.903. The van der Waals surface area contributed by atoms with Crippen LogP contribution in [0.1, 0.15) is 0 Å². The van der Waals surface area contributed by atoms with E-state index in [4.69, 9.17) is 5.73 Å². The van der Waals surface area contributed by atoms with Crippen LogP contribution in [-0.2, 0) is 7.05 Å². The minimum absolute atomic E-state index is 0.743. The van der Waals surface area contributed by atoms with Gasteiger partial charge in [-0.15, -0.1) is 0 Å². The summed E-state index contributed by atoms with van der Waals surface area (Å²) in [5.41, 5.74) is 9.51. The van der Waals surface area contributed by atoms with Crippen molar-refractivity contribution in [3.05, 3.63) is 42.7 Å². The Morgan fingerprint density at radius 2 is 2.12 bits per heavy atom. The van der Waals surface area contributed by atoms with E-state index in [2.05, 4.69) is 9.97 Å². The zero-order valence-electron chi connectivity index (χ0n) is 9.46. The molecule has 0 aliphatic heterocycles. The van der Waals surface area contributed by atoms with Crippen LogP contribution in [0.5, 0.6) is 0 Å². The van der Waals surface area contributed by atoms with Gasteiger partial charge < -0.3 is 10.3 Å². The first kappa shape index (κ1) is 9.84. The van der Waals surface area contributed by atoms with E-state index < -0.39 is 0 Å². The third-order valence-electron chi connectivity index (χ3n) is 2.83. The predicted molar refractivity (Wildman–Crippen MR) is 68.4 cm³/mol. The Morgan fingerprint density at radius 3 is 2.88 bits per heavy atom. The summed E-state index contributed by atoms with van der Waals surface area (Å²) < 4.78 is 2.05. The number of pyridine rings is 1. The highest BCUT2D eigenvalue weighted by Crippen LogP contribution is 2.24. The number of aromatic nitrogens is 3. The first-order valence-electron chi connectivity index (χ1n) is 5.38. The monoisotopic (exact) mass is 224 g/mol. The number of imidazole rings is 1. The number of hydrogen-bond donors (Lipinski definition) is 1. The number of nitrogens with two attached hydrogens (primary N) is 1. The van der Waals surface area contributed by atoms with E-state index in [9.17, 15) is 0 Å². The highest BCUT2D eigenvalue weighted by Gasteiger charge is 2.09. The second kappa shape index (κ2) is 3.59. The lowest BCUT2D eigenvalue weighted by atomic mass is 10.2.